The molecule has 6 heterocycles. The number of benzene rings is 4. The van der Waals surface area contributed by atoms with Crippen molar-refractivity contribution < 1.29 is 107 Å². The Morgan fingerprint density at radius 3 is 1.36 bits per heavy atom. The lowest BCUT2D eigenvalue weighted by molar-refractivity contribution is -0.276. The summed E-state index contributed by atoms with van der Waals surface area (Å²) < 4.78 is 252. The number of halogens is 15. The number of aromatic nitrogens is 6. The highest BCUT2D eigenvalue weighted by Gasteiger charge is 2.44. The number of ether oxygens (including phenoxy) is 4. The van der Waals surface area contributed by atoms with Crippen LogP contribution in [-0.4, -0.2) is 144 Å². The van der Waals surface area contributed by atoms with Gasteiger partial charge in [0.25, 0.3) is 0 Å². The van der Waals surface area contributed by atoms with Crippen molar-refractivity contribution >= 4 is 97.1 Å². The molecule has 2 N–H and O–H groups in total. The van der Waals surface area contributed by atoms with Crippen LogP contribution in [0.2, 0.25) is 5.15 Å². The largest absolute Gasteiger partial charge is 0.573 e. The van der Waals surface area contributed by atoms with Crippen molar-refractivity contribution in [2.45, 2.75) is 97.9 Å². The Balaban J connectivity index is 0.000000197. The predicted octanol–water partition coefficient (Wildman–Crippen LogP) is 10.8. The molecule has 2 atom stereocenters. The van der Waals surface area contributed by atoms with Gasteiger partial charge in [-0.05, 0) is 110 Å². The van der Waals surface area contributed by atoms with Crippen LogP contribution in [0.15, 0.2) is 101 Å². The number of hydrogen-bond donors (Lipinski definition) is 2. The van der Waals surface area contributed by atoms with Crippen LogP contribution < -0.4 is 39.4 Å². The molecule has 2 aliphatic carbocycles. The summed E-state index contributed by atoms with van der Waals surface area (Å²) in [5.74, 6) is -6.17. The van der Waals surface area contributed by atoms with Crippen molar-refractivity contribution in [3.8, 4) is 23.0 Å². The Labute approximate surface area is 551 Å². The zero-order chi connectivity index (χ0) is 69.7. The van der Waals surface area contributed by atoms with Crippen molar-refractivity contribution in [3.05, 3.63) is 131 Å². The van der Waals surface area contributed by atoms with Crippen LogP contribution in [0, 0.1) is 11.6 Å². The first-order chi connectivity index (χ1) is 45.5. The molecule has 8 aromatic rings. The second kappa shape index (κ2) is 27.2. The number of nitrogens with zero attached hydrogens (tertiary/aromatic N) is 10. The summed E-state index contributed by atoms with van der Waals surface area (Å²) in [5.41, 5.74) is 0.866. The average molecular weight is 1480 g/mol. The van der Waals surface area contributed by atoms with Gasteiger partial charge in [-0.15, -0.1) is 52.7 Å². The summed E-state index contributed by atoms with van der Waals surface area (Å²) >= 11 is 8.77. The second-order valence-electron chi connectivity index (χ2n) is 21.7. The quantitative estimate of drug-likeness (QED) is 0.0598. The summed E-state index contributed by atoms with van der Waals surface area (Å²) in [6.45, 7) is -1.68. The highest BCUT2D eigenvalue weighted by atomic mass is 35.5. The van der Waals surface area contributed by atoms with E-state index in [1.54, 1.807) is 16.0 Å². The molecule has 4 aromatic heterocycles. The number of rotatable bonds is 18. The third-order valence-corrected chi connectivity index (χ3v) is 21.2. The van der Waals surface area contributed by atoms with Crippen LogP contribution >= 0.6 is 34.3 Å². The van der Waals surface area contributed by atoms with Crippen molar-refractivity contribution in [3.63, 3.8) is 0 Å². The van der Waals surface area contributed by atoms with Crippen LogP contribution in [-0.2, 0) is 42.7 Å². The SMILES string of the molecule is O=C(NCc1ccc(OC(F)(F)F)c(F)c1)[C@H]1CN(c2nc3nc(C4CC4)nc(Cl)c3s2)CCN1S(=O)(=O)c1ccc(OC(F)(F)F)cc1.O=C(NCc1ccc(OC(F)(F)F)c(F)c1)[C@H]1CN(c2nc3nc(C4CC4)ncc3s2)CCN1S(=O)(=O)c1ccc(OC(F)(F)F)cc1. The predicted molar refractivity (Wildman–Crippen MR) is 315 cm³/mol. The number of piperazine rings is 2. The molecule has 2 saturated carbocycles. The second-order valence-corrected chi connectivity index (χ2v) is 27.9. The molecule has 4 aliphatic rings. The van der Waals surface area contributed by atoms with Gasteiger partial charge in [-0.25, -0.2) is 45.6 Å². The number of sulfonamides is 2. The average Bonchev–Trinajstić information content (AvgIpc) is 1.70. The Hall–Kier alpha value is -8.31. The van der Waals surface area contributed by atoms with Crippen LogP contribution in [0.3, 0.4) is 0 Å². The number of alkyl halides is 12. The van der Waals surface area contributed by atoms with E-state index in [0.717, 1.165) is 131 Å². The van der Waals surface area contributed by atoms with Crippen LogP contribution in [0.1, 0.15) is 60.3 Å². The number of anilines is 2. The number of nitrogens with one attached hydrogen (secondary N) is 2. The molecular weight excluding hydrogens is 1430 g/mol. The molecule has 12 rings (SSSR count). The van der Waals surface area contributed by atoms with Crippen LogP contribution in [0.5, 0.6) is 23.0 Å². The van der Waals surface area contributed by atoms with Gasteiger partial charge in [0.1, 0.15) is 39.9 Å². The summed E-state index contributed by atoms with van der Waals surface area (Å²) in [7, 11) is -8.99. The first-order valence-electron chi connectivity index (χ1n) is 28.4. The van der Waals surface area contributed by atoms with E-state index in [-0.39, 0.29) is 67.4 Å². The topological polar surface area (TPSA) is 254 Å². The summed E-state index contributed by atoms with van der Waals surface area (Å²) in [4.78, 5) is 56.6. The molecule has 97 heavy (non-hydrogen) atoms. The van der Waals surface area contributed by atoms with E-state index in [1.807, 2.05) is 0 Å². The van der Waals surface area contributed by atoms with E-state index in [4.69, 9.17) is 11.6 Å². The van der Waals surface area contributed by atoms with Gasteiger partial charge in [0.05, 0.1) is 20.7 Å². The minimum Gasteiger partial charge on any atom is -0.406 e. The molecule has 4 fully saturated rings. The zero-order valence-electron chi connectivity index (χ0n) is 48.8. The lowest BCUT2D eigenvalue weighted by Crippen LogP contribution is -2.60. The molecule has 2 amide bonds. The van der Waals surface area contributed by atoms with Crippen molar-refractivity contribution in [1.29, 1.82) is 0 Å². The lowest BCUT2D eigenvalue weighted by Gasteiger charge is -2.39. The van der Waals surface area contributed by atoms with Gasteiger partial charge >= 0.3 is 25.4 Å². The minimum absolute atomic E-state index is 0.0323. The monoisotopic (exact) mass is 1470 g/mol. The maximum Gasteiger partial charge on any atom is 0.573 e. The fraction of sp³-hybridized carbons (Fsp3) is 0.357. The van der Waals surface area contributed by atoms with Gasteiger partial charge in [-0.2, -0.15) is 18.6 Å². The molecule has 0 unspecified atom stereocenters. The third kappa shape index (κ3) is 17.3. The van der Waals surface area contributed by atoms with Crippen molar-refractivity contribution in [2.75, 3.05) is 49.1 Å². The van der Waals surface area contributed by atoms with Gasteiger partial charge in [-0.1, -0.05) is 46.4 Å². The molecule has 0 bridgehead atoms. The summed E-state index contributed by atoms with van der Waals surface area (Å²) in [6.07, 6.45) is -14.8. The normalized spacial score (nSPS) is 17.8. The van der Waals surface area contributed by atoms with Gasteiger partial charge in [-0.3, -0.25) is 9.59 Å². The molecule has 0 spiro atoms. The Kier molecular flexibility index (Phi) is 19.6. The Morgan fingerprint density at radius 2 is 0.938 bits per heavy atom. The van der Waals surface area contributed by atoms with Crippen molar-refractivity contribution in [1.82, 2.24) is 49.1 Å². The van der Waals surface area contributed by atoms with E-state index < -0.39 is 127 Å². The first kappa shape index (κ1) is 70.0. The number of thiazole rings is 2. The molecule has 2 aliphatic heterocycles. The number of fused-ring (bicyclic) bond motifs is 2. The first-order valence-corrected chi connectivity index (χ1v) is 33.3. The number of carbonyl (C=O) groups is 2. The lowest BCUT2D eigenvalue weighted by atomic mass is 10.1. The third-order valence-electron chi connectivity index (χ3n) is 14.8. The zero-order valence-corrected chi connectivity index (χ0v) is 52.8. The molecule has 41 heteroatoms. The Morgan fingerprint density at radius 1 is 0.526 bits per heavy atom. The maximum absolute atomic E-state index is 14.3. The highest BCUT2D eigenvalue weighted by Crippen LogP contribution is 2.43. The molecular formula is C56H45ClF14N12O10S4. The van der Waals surface area contributed by atoms with E-state index >= 15 is 0 Å². The van der Waals surface area contributed by atoms with Gasteiger partial charge < -0.3 is 39.4 Å². The molecule has 0 radical (unpaired) electrons. The number of amides is 2. The van der Waals surface area contributed by atoms with Gasteiger partial charge in [0.15, 0.2) is 49.8 Å². The fourth-order valence-corrected chi connectivity index (χ4v) is 15.2. The van der Waals surface area contributed by atoms with Crippen molar-refractivity contribution in [2.24, 2.45) is 0 Å². The van der Waals surface area contributed by atoms with Crippen LogP contribution in [0.4, 0.5) is 71.7 Å². The van der Waals surface area contributed by atoms with Gasteiger partial charge in [0, 0.05) is 64.2 Å². The highest BCUT2D eigenvalue weighted by molar-refractivity contribution is 7.89. The van der Waals surface area contributed by atoms with Crippen LogP contribution in [0.25, 0.3) is 20.7 Å². The smallest absolute Gasteiger partial charge is 0.406 e. The maximum atomic E-state index is 14.3. The minimum atomic E-state index is -5.13. The summed E-state index contributed by atoms with van der Waals surface area (Å²) in [5, 5.41) is 5.98. The van der Waals surface area contributed by atoms with E-state index in [1.165, 1.54) is 11.3 Å². The van der Waals surface area contributed by atoms with E-state index in [2.05, 4.69) is 59.5 Å². The van der Waals surface area contributed by atoms with Gasteiger partial charge in [0.2, 0.25) is 31.9 Å². The summed E-state index contributed by atoms with van der Waals surface area (Å²) in [6, 6.07) is 9.10. The Bertz CT molecular complexity index is 4490. The molecule has 4 aromatic carbocycles. The molecule has 22 nitrogen and oxygen atoms in total. The molecule has 2 saturated heterocycles. The molecule has 518 valence electrons. The number of carbonyl (C=O) groups excluding carboxylic acids is 2. The fourth-order valence-electron chi connectivity index (χ4n) is 9.99. The van der Waals surface area contributed by atoms with E-state index in [0.29, 0.717) is 42.6 Å². The van der Waals surface area contributed by atoms with E-state index in [9.17, 15) is 87.9 Å². The number of hydrogen-bond acceptors (Lipinski definition) is 20. The standard InChI is InChI=1S/C28H22ClF7N6O5S2.C28H23F7N6O5S2/c29-22-21-24(39-23(38-22)15-2-3-15)40-26(48-21)41-9-10-42(49(44,45)17-6-4-16(5-7-17)46-27(31,32)33)19(13-41)25(43)37-12-14-1-8-20(18(30)11-14)47-28(34,35)36;29-19-11-15(1-8-21(19)46-28(33,34)35)12-37-25(42)20-14-40(26-39-24-22(47-26)13-36-23(38-24)16-2-3-16)9-10-41(20)48(43,44)18-6-4-17(5-7-18)45-27(30,31)32/h1,4-8,11,15,19H,2-3,9-10,12-13H2,(H,37,43);1,4-8,11,13,16,20H,2-3,9-10,12,14H2,(H,37,42)/t19-;20-/m11/s1.